The van der Waals surface area contributed by atoms with Crippen LogP contribution in [0, 0.1) is 5.92 Å². The van der Waals surface area contributed by atoms with Gasteiger partial charge in [-0.1, -0.05) is 29.6 Å². The third-order valence-electron chi connectivity index (χ3n) is 4.88. The van der Waals surface area contributed by atoms with Crippen LogP contribution in [0.2, 0.25) is 10.0 Å². The second-order valence-electron chi connectivity index (χ2n) is 6.47. The van der Waals surface area contributed by atoms with E-state index in [2.05, 4.69) is 15.4 Å². The largest absolute Gasteiger partial charge is 0.433 e. The minimum Gasteiger partial charge on any atom is -0.433 e. The van der Waals surface area contributed by atoms with E-state index in [1.807, 2.05) is 0 Å². The summed E-state index contributed by atoms with van der Waals surface area (Å²) in [6.07, 6.45) is 3.30. The van der Waals surface area contributed by atoms with Gasteiger partial charge in [-0.2, -0.15) is 8.78 Å². The quantitative estimate of drug-likeness (QED) is 0.706. The Morgan fingerprint density at radius 1 is 1.31 bits per heavy atom. The molecule has 3 rings (SSSR count). The van der Waals surface area contributed by atoms with E-state index in [0.29, 0.717) is 35.7 Å². The van der Waals surface area contributed by atoms with Crippen LogP contribution in [0.3, 0.4) is 0 Å². The number of ether oxygens (including phenoxy) is 2. The van der Waals surface area contributed by atoms with Crippen LogP contribution in [-0.2, 0) is 11.3 Å². The Kier molecular flexibility index (Phi) is 8.64. The zero-order valence-electron chi connectivity index (χ0n) is 14.2. The lowest BCUT2D eigenvalue weighted by Gasteiger charge is -2.33. The van der Waals surface area contributed by atoms with Gasteiger partial charge in [-0.3, -0.25) is 0 Å². The Balaban J connectivity index is 0.00000243. The highest BCUT2D eigenvalue weighted by Gasteiger charge is 2.34. The van der Waals surface area contributed by atoms with Crippen LogP contribution in [0.1, 0.15) is 24.8 Å². The standard InChI is InChI=1S/C17H22Cl2F2N2O2.ClH/c18-11-6-10(16(13(19)7-11)25-17(20)21)8-23-14-3-1-2-12(14)15-9-24-5-4-22-15;/h6-7,12,14-15,17,22-23H,1-5,8-9H2;1H. The van der Waals surface area contributed by atoms with Gasteiger partial charge < -0.3 is 20.1 Å². The van der Waals surface area contributed by atoms with Crippen LogP contribution in [0.4, 0.5) is 8.78 Å². The summed E-state index contributed by atoms with van der Waals surface area (Å²) in [5.41, 5.74) is 0.538. The van der Waals surface area contributed by atoms with Crippen LogP contribution >= 0.6 is 35.6 Å². The van der Waals surface area contributed by atoms with Crippen molar-refractivity contribution in [2.24, 2.45) is 5.92 Å². The highest BCUT2D eigenvalue weighted by atomic mass is 35.5. The molecule has 0 aromatic heterocycles. The van der Waals surface area contributed by atoms with Gasteiger partial charge in [0, 0.05) is 35.8 Å². The van der Waals surface area contributed by atoms with Crippen LogP contribution in [0.15, 0.2) is 12.1 Å². The number of alkyl halides is 2. The first-order valence-corrected chi connectivity index (χ1v) is 9.27. The lowest BCUT2D eigenvalue weighted by Crippen LogP contribution is -2.50. The van der Waals surface area contributed by atoms with Crippen molar-refractivity contribution in [2.45, 2.75) is 44.5 Å². The molecule has 148 valence electrons. The number of morpholine rings is 1. The summed E-state index contributed by atoms with van der Waals surface area (Å²) in [6, 6.07) is 3.64. The molecular formula is C17H23Cl3F2N2O2. The minimum atomic E-state index is -2.93. The molecule has 2 aliphatic rings. The fraction of sp³-hybridized carbons (Fsp3) is 0.647. The van der Waals surface area contributed by atoms with Crippen molar-refractivity contribution in [3.8, 4) is 5.75 Å². The van der Waals surface area contributed by atoms with Crippen molar-refractivity contribution >= 4 is 35.6 Å². The number of hydrogen-bond donors (Lipinski definition) is 2. The van der Waals surface area contributed by atoms with E-state index >= 15 is 0 Å². The normalized spacial score (nSPS) is 26.0. The van der Waals surface area contributed by atoms with Gasteiger partial charge in [-0.25, -0.2) is 0 Å². The van der Waals surface area contributed by atoms with Gasteiger partial charge >= 0.3 is 6.61 Å². The van der Waals surface area contributed by atoms with Crippen molar-refractivity contribution in [3.63, 3.8) is 0 Å². The zero-order chi connectivity index (χ0) is 17.8. The maximum absolute atomic E-state index is 12.7. The van der Waals surface area contributed by atoms with E-state index < -0.39 is 6.61 Å². The molecule has 1 saturated carbocycles. The van der Waals surface area contributed by atoms with Gasteiger partial charge in [0.1, 0.15) is 5.75 Å². The van der Waals surface area contributed by atoms with E-state index in [1.54, 1.807) is 6.07 Å². The number of hydrogen-bond acceptors (Lipinski definition) is 4. The Labute approximate surface area is 168 Å². The second kappa shape index (κ2) is 10.2. The summed E-state index contributed by atoms with van der Waals surface area (Å²) in [6.45, 7) is -0.232. The molecule has 1 saturated heterocycles. The van der Waals surface area contributed by atoms with Crippen molar-refractivity contribution in [3.05, 3.63) is 27.7 Å². The molecule has 1 aromatic rings. The van der Waals surface area contributed by atoms with Gasteiger partial charge in [0.25, 0.3) is 0 Å². The Morgan fingerprint density at radius 2 is 2.12 bits per heavy atom. The third kappa shape index (κ3) is 5.57. The molecule has 0 bridgehead atoms. The Morgan fingerprint density at radius 3 is 2.81 bits per heavy atom. The maximum atomic E-state index is 12.7. The lowest BCUT2D eigenvalue weighted by molar-refractivity contribution is -0.0504. The second-order valence-corrected chi connectivity index (χ2v) is 7.32. The average Bonchev–Trinajstić information content (AvgIpc) is 3.05. The molecule has 2 fully saturated rings. The van der Waals surface area contributed by atoms with Gasteiger partial charge in [-0.05, 0) is 30.9 Å². The van der Waals surface area contributed by atoms with Gasteiger partial charge in [-0.15, -0.1) is 12.4 Å². The summed E-state index contributed by atoms with van der Waals surface area (Å²) in [7, 11) is 0. The van der Waals surface area contributed by atoms with E-state index in [9.17, 15) is 8.78 Å². The molecule has 1 heterocycles. The third-order valence-corrected chi connectivity index (χ3v) is 5.38. The molecule has 1 aromatic carbocycles. The number of rotatable bonds is 6. The van der Waals surface area contributed by atoms with Crippen LogP contribution in [-0.4, -0.2) is 38.5 Å². The lowest BCUT2D eigenvalue weighted by atomic mass is 9.94. The number of halogens is 5. The molecule has 0 radical (unpaired) electrons. The van der Waals surface area contributed by atoms with Gasteiger partial charge in [0.15, 0.2) is 0 Å². The number of benzene rings is 1. The SMILES string of the molecule is Cl.FC(F)Oc1c(Cl)cc(Cl)cc1CNC1CCCC1C1COCCN1. The Bertz CT molecular complexity index is 589. The fourth-order valence-corrected chi connectivity index (χ4v) is 4.37. The molecule has 4 nitrogen and oxygen atoms in total. The molecule has 0 spiro atoms. The highest BCUT2D eigenvalue weighted by molar-refractivity contribution is 6.35. The molecule has 1 aliphatic heterocycles. The van der Waals surface area contributed by atoms with E-state index in [0.717, 1.165) is 32.4 Å². The van der Waals surface area contributed by atoms with Crippen molar-refractivity contribution in [1.82, 2.24) is 10.6 Å². The molecule has 0 amide bonds. The highest BCUT2D eigenvalue weighted by Crippen LogP contribution is 2.35. The summed E-state index contributed by atoms with van der Waals surface area (Å²) in [5.74, 6) is 0.441. The van der Waals surface area contributed by atoms with Crippen molar-refractivity contribution in [1.29, 1.82) is 0 Å². The monoisotopic (exact) mass is 430 g/mol. The first kappa shape index (κ1) is 21.9. The van der Waals surface area contributed by atoms with E-state index in [-0.39, 0.29) is 29.2 Å². The summed E-state index contributed by atoms with van der Waals surface area (Å²) >= 11 is 12.1. The van der Waals surface area contributed by atoms with Crippen LogP contribution in [0.5, 0.6) is 5.75 Å². The maximum Gasteiger partial charge on any atom is 0.387 e. The van der Waals surface area contributed by atoms with Gasteiger partial charge in [0.05, 0.1) is 18.2 Å². The smallest absolute Gasteiger partial charge is 0.387 e. The number of nitrogens with one attached hydrogen (secondary N) is 2. The fourth-order valence-electron chi connectivity index (χ4n) is 3.79. The topological polar surface area (TPSA) is 42.5 Å². The zero-order valence-corrected chi connectivity index (χ0v) is 16.5. The summed E-state index contributed by atoms with van der Waals surface area (Å²) in [4.78, 5) is 0. The van der Waals surface area contributed by atoms with Crippen LogP contribution in [0.25, 0.3) is 0 Å². The molecule has 1 aliphatic carbocycles. The first-order chi connectivity index (χ1) is 12.0. The average molecular weight is 432 g/mol. The van der Waals surface area contributed by atoms with E-state index in [1.165, 1.54) is 6.07 Å². The van der Waals surface area contributed by atoms with Gasteiger partial charge in [0.2, 0.25) is 0 Å². The molecule has 3 atom stereocenters. The van der Waals surface area contributed by atoms with Crippen molar-refractivity contribution < 1.29 is 18.3 Å². The molecule has 9 heteroatoms. The summed E-state index contributed by atoms with van der Waals surface area (Å²) in [5, 5.41) is 7.48. The minimum absolute atomic E-state index is 0. The molecular weight excluding hydrogens is 409 g/mol. The van der Waals surface area contributed by atoms with Crippen molar-refractivity contribution in [2.75, 3.05) is 19.8 Å². The predicted octanol–water partition coefficient (Wildman–Crippen LogP) is 4.26. The Hall–Kier alpha value is -0.370. The van der Waals surface area contributed by atoms with Crippen LogP contribution < -0.4 is 15.4 Å². The molecule has 3 unspecified atom stereocenters. The summed E-state index contributed by atoms with van der Waals surface area (Å²) < 4.78 is 35.5. The first-order valence-electron chi connectivity index (χ1n) is 8.52. The predicted molar refractivity (Wildman–Crippen MR) is 101 cm³/mol. The molecule has 26 heavy (non-hydrogen) atoms. The van der Waals surface area contributed by atoms with E-state index in [4.69, 9.17) is 27.9 Å². The molecule has 2 N–H and O–H groups in total.